The van der Waals surface area contributed by atoms with Crippen LogP contribution >= 0.6 is 0 Å². The summed E-state index contributed by atoms with van der Waals surface area (Å²) in [4.78, 5) is 42.0. The molecular weight excluding hydrogens is 639 g/mol. The number of nitrogens with one attached hydrogen (secondary N) is 2. The van der Waals surface area contributed by atoms with E-state index in [2.05, 4.69) is 10.6 Å². The number of hydrogen-bond donors (Lipinski definition) is 2. The second-order valence-corrected chi connectivity index (χ2v) is 11.7. The number of anilines is 1. The molecule has 0 bridgehead atoms. The summed E-state index contributed by atoms with van der Waals surface area (Å²) in [5, 5.41) is 5.76. The van der Waals surface area contributed by atoms with Crippen LogP contribution in [-0.4, -0.2) is 79.9 Å². The second kappa shape index (κ2) is 14.3. The van der Waals surface area contributed by atoms with Crippen LogP contribution in [0.2, 0.25) is 0 Å². The third-order valence-corrected chi connectivity index (χ3v) is 8.57. The minimum Gasteiger partial charge on any atom is -0.450 e. The normalized spacial score (nSPS) is 21.6. The van der Waals surface area contributed by atoms with Gasteiger partial charge in [0.05, 0.1) is 23.8 Å². The zero-order chi connectivity index (χ0) is 34.7. The van der Waals surface area contributed by atoms with E-state index in [1.165, 1.54) is 41.1 Å². The molecule has 0 unspecified atom stereocenters. The highest BCUT2D eigenvalue weighted by Gasteiger charge is 2.42. The fourth-order valence-corrected chi connectivity index (χ4v) is 5.99. The maximum atomic E-state index is 13.7. The van der Waals surface area contributed by atoms with Crippen LogP contribution in [-0.2, 0) is 17.1 Å². The molecule has 2 aliphatic rings. The monoisotopic (exact) mass is 675 g/mol. The topological polar surface area (TPSA) is 94.2 Å². The highest BCUT2D eigenvalue weighted by atomic mass is 19.4. The lowest BCUT2D eigenvalue weighted by atomic mass is 9.91. The number of alkyl carbamates (subject to hydrolysis) is 1. The van der Waals surface area contributed by atoms with Gasteiger partial charge in [0.1, 0.15) is 5.82 Å². The molecule has 4 rings (SSSR count). The molecule has 1 saturated heterocycles. The first-order chi connectivity index (χ1) is 22.0. The number of likely N-dealkylation sites (N-methyl/N-ethyl adjacent to an activating group) is 1. The quantitative estimate of drug-likeness (QED) is 0.338. The van der Waals surface area contributed by atoms with E-state index in [1.54, 1.807) is 6.92 Å². The van der Waals surface area contributed by atoms with Crippen LogP contribution in [0.5, 0.6) is 0 Å². The Morgan fingerprint density at radius 1 is 0.851 bits per heavy atom. The molecule has 1 saturated carbocycles. The highest BCUT2D eigenvalue weighted by molar-refractivity contribution is 5.92. The van der Waals surface area contributed by atoms with Crippen LogP contribution in [0.15, 0.2) is 42.5 Å². The van der Waals surface area contributed by atoms with Gasteiger partial charge in [0.25, 0.3) is 0 Å². The van der Waals surface area contributed by atoms with Crippen LogP contribution in [0.4, 0.5) is 50.8 Å². The molecule has 1 heterocycles. The van der Waals surface area contributed by atoms with E-state index in [1.807, 2.05) is 0 Å². The van der Waals surface area contributed by atoms with Gasteiger partial charge in [-0.15, -0.1) is 0 Å². The van der Waals surface area contributed by atoms with Crippen molar-refractivity contribution in [3.05, 3.63) is 65.0 Å². The van der Waals surface area contributed by atoms with Crippen LogP contribution < -0.4 is 15.5 Å². The number of amides is 5. The standard InChI is InChI=1S/C31H36F7N5O4/c1-4-47-28(45)40-23-11-9-22(10-12-23)39-27(44)43-16-25(18-5-7-21(32)8-6-18)26(17-43)42(3)29(46)41(2)24-14-19(30(33,34)35)13-20(15-24)31(36,37)38/h5-8,13-15,22-23,25-26H,4,9-12,16-17H2,1-3H3,(H,39,44)(H,40,45)/t22?,23?,25-,26+/m0/s1. The van der Waals surface area contributed by atoms with Crippen molar-refractivity contribution in [1.29, 1.82) is 0 Å². The van der Waals surface area contributed by atoms with Crippen LogP contribution in [0.25, 0.3) is 0 Å². The Hall–Kier alpha value is -4.24. The zero-order valence-corrected chi connectivity index (χ0v) is 25.9. The molecular formula is C31H36F7N5O4. The summed E-state index contributed by atoms with van der Waals surface area (Å²) in [6, 6.07) is 3.93. The summed E-state index contributed by atoms with van der Waals surface area (Å²) < 4.78 is 99.6. The Morgan fingerprint density at radius 3 is 1.89 bits per heavy atom. The Labute approximate surface area is 267 Å². The van der Waals surface area contributed by atoms with Gasteiger partial charge in [0.2, 0.25) is 0 Å². The Bertz CT molecular complexity index is 1400. The first kappa shape index (κ1) is 35.6. The fraction of sp³-hybridized carbons (Fsp3) is 0.516. The van der Waals surface area contributed by atoms with Gasteiger partial charge in [0.15, 0.2) is 0 Å². The molecule has 9 nitrogen and oxygen atoms in total. The molecule has 0 spiro atoms. The lowest BCUT2D eigenvalue weighted by Gasteiger charge is -2.33. The fourth-order valence-electron chi connectivity index (χ4n) is 5.99. The smallest absolute Gasteiger partial charge is 0.416 e. The Morgan fingerprint density at radius 2 is 1.38 bits per heavy atom. The van der Waals surface area contributed by atoms with Gasteiger partial charge in [-0.2, -0.15) is 26.3 Å². The van der Waals surface area contributed by atoms with Crippen LogP contribution in [0, 0.1) is 5.82 Å². The number of rotatable bonds is 6. The SMILES string of the molecule is CCOC(=O)NC1CCC(NC(=O)N2C[C@@H](N(C)C(=O)N(C)c3cc(C(F)(F)F)cc(C(F)(F)F)c3)[C@H](c3ccc(F)cc3)C2)CC1. The van der Waals surface area contributed by atoms with Crippen LogP contribution in [0.3, 0.4) is 0 Å². The van der Waals surface area contributed by atoms with Crippen molar-refractivity contribution >= 4 is 23.8 Å². The molecule has 16 heteroatoms. The molecule has 0 radical (unpaired) electrons. The van der Waals surface area contributed by atoms with Gasteiger partial charge in [-0.05, 0) is 68.5 Å². The number of ether oxygens (including phenoxy) is 1. The van der Waals surface area contributed by atoms with E-state index in [4.69, 9.17) is 4.74 Å². The number of likely N-dealkylation sites (tertiary alicyclic amines) is 1. The minimum atomic E-state index is -5.10. The molecule has 5 amide bonds. The van der Waals surface area contributed by atoms with Crippen molar-refractivity contribution in [2.24, 2.45) is 0 Å². The number of nitrogens with zero attached hydrogens (tertiary/aromatic N) is 3. The molecule has 2 atom stereocenters. The van der Waals surface area contributed by atoms with Gasteiger partial charge in [-0.25, -0.2) is 18.8 Å². The lowest BCUT2D eigenvalue weighted by Crippen LogP contribution is -2.49. The number of halogens is 7. The molecule has 0 aromatic heterocycles. The third kappa shape index (κ3) is 8.77. The van der Waals surface area contributed by atoms with Crippen LogP contribution in [0.1, 0.15) is 55.2 Å². The van der Waals surface area contributed by atoms with Gasteiger partial charge in [-0.3, -0.25) is 4.90 Å². The van der Waals surface area contributed by atoms with Crippen molar-refractivity contribution in [3.63, 3.8) is 0 Å². The van der Waals surface area contributed by atoms with Crippen molar-refractivity contribution in [1.82, 2.24) is 20.4 Å². The molecule has 258 valence electrons. The van der Waals surface area contributed by atoms with Gasteiger partial charge < -0.3 is 25.2 Å². The van der Waals surface area contributed by atoms with Crippen molar-refractivity contribution in [2.45, 2.75) is 69.0 Å². The van der Waals surface area contributed by atoms with Gasteiger partial charge in [-0.1, -0.05) is 12.1 Å². The summed E-state index contributed by atoms with van der Waals surface area (Å²) in [6.07, 6.45) is -8.32. The van der Waals surface area contributed by atoms with E-state index in [0.717, 1.165) is 7.05 Å². The number of alkyl halides is 6. The second-order valence-electron chi connectivity index (χ2n) is 11.7. The lowest BCUT2D eigenvalue weighted by molar-refractivity contribution is -0.143. The predicted molar refractivity (Wildman–Crippen MR) is 157 cm³/mol. The molecule has 2 aromatic carbocycles. The first-order valence-corrected chi connectivity index (χ1v) is 15.0. The number of hydrogen-bond acceptors (Lipinski definition) is 4. The van der Waals surface area contributed by atoms with Crippen molar-refractivity contribution in [3.8, 4) is 0 Å². The number of benzene rings is 2. The number of carbonyl (C=O) groups excluding carboxylic acids is 3. The number of urea groups is 2. The molecule has 1 aliphatic carbocycles. The average molecular weight is 676 g/mol. The zero-order valence-electron chi connectivity index (χ0n) is 25.9. The van der Waals surface area contributed by atoms with E-state index in [-0.39, 0.29) is 37.8 Å². The largest absolute Gasteiger partial charge is 0.450 e. The summed E-state index contributed by atoms with van der Waals surface area (Å²) in [7, 11) is 2.41. The summed E-state index contributed by atoms with van der Waals surface area (Å²) in [6.45, 7) is 2.03. The molecule has 2 N–H and O–H groups in total. The van der Waals surface area contributed by atoms with E-state index in [0.29, 0.717) is 48.3 Å². The maximum Gasteiger partial charge on any atom is 0.416 e. The van der Waals surface area contributed by atoms with E-state index in [9.17, 15) is 45.1 Å². The summed E-state index contributed by atoms with van der Waals surface area (Å²) in [5.74, 6) is -1.07. The maximum absolute atomic E-state index is 13.7. The minimum absolute atomic E-state index is 0.0138. The molecule has 47 heavy (non-hydrogen) atoms. The summed E-state index contributed by atoms with van der Waals surface area (Å²) in [5.41, 5.74) is -3.17. The van der Waals surface area contributed by atoms with Crippen molar-refractivity contribution in [2.75, 3.05) is 38.7 Å². The molecule has 2 fully saturated rings. The molecule has 2 aromatic rings. The predicted octanol–water partition coefficient (Wildman–Crippen LogP) is 6.59. The first-order valence-electron chi connectivity index (χ1n) is 15.0. The van der Waals surface area contributed by atoms with Gasteiger partial charge >= 0.3 is 30.5 Å². The Balaban J connectivity index is 1.51. The third-order valence-electron chi connectivity index (χ3n) is 8.57. The Kier molecular flexibility index (Phi) is 10.8. The highest BCUT2D eigenvalue weighted by Crippen LogP contribution is 2.39. The average Bonchev–Trinajstić information content (AvgIpc) is 3.46. The van der Waals surface area contributed by atoms with Crippen molar-refractivity contribution < 1.29 is 49.9 Å². The van der Waals surface area contributed by atoms with E-state index < -0.39 is 65.1 Å². The van der Waals surface area contributed by atoms with E-state index >= 15 is 0 Å². The van der Waals surface area contributed by atoms with Gasteiger partial charge in [0, 0.05) is 50.9 Å². The number of carbonyl (C=O) groups is 3. The summed E-state index contributed by atoms with van der Waals surface area (Å²) >= 11 is 0. The molecule has 1 aliphatic heterocycles.